The summed E-state index contributed by atoms with van der Waals surface area (Å²) >= 11 is 0. The monoisotopic (exact) mass is 180 g/mol. The summed E-state index contributed by atoms with van der Waals surface area (Å²) in [4.78, 5) is 10.4. The van der Waals surface area contributed by atoms with Gasteiger partial charge in [0.15, 0.2) is 0 Å². The number of carbonyl (C=O) groups is 1. The average molecular weight is 180 g/mol. The molecule has 13 heavy (non-hydrogen) atoms. The summed E-state index contributed by atoms with van der Waals surface area (Å²) < 4.78 is 4.76. The van der Waals surface area contributed by atoms with Crippen molar-refractivity contribution in [2.24, 2.45) is 0 Å². The van der Waals surface area contributed by atoms with Crippen LogP contribution in [0.1, 0.15) is 39.0 Å². The van der Waals surface area contributed by atoms with Gasteiger partial charge in [-0.25, -0.2) is 0 Å². The van der Waals surface area contributed by atoms with Crippen LogP contribution >= 0.6 is 0 Å². The lowest BCUT2D eigenvalue weighted by molar-refractivity contribution is -0.139. The Kier molecular flexibility index (Phi) is 4.34. The molecule has 1 aliphatic rings. The lowest BCUT2D eigenvalue weighted by atomic mass is 9.96. The molecule has 1 fully saturated rings. The first-order chi connectivity index (χ1) is 6.29. The van der Waals surface area contributed by atoms with Crippen LogP contribution in [0.5, 0.6) is 0 Å². The van der Waals surface area contributed by atoms with Crippen LogP contribution in [0.25, 0.3) is 0 Å². The molecule has 2 heteroatoms. The van der Waals surface area contributed by atoms with Crippen molar-refractivity contribution in [2.45, 2.75) is 39.0 Å². The van der Waals surface area contributed by atoms with Gasteiger partial charge in [0, 0.05) is 6.92 Å². The highest BCUT2D eigenvalue weighted by Gasteiger charge is 2.02. The van der Waals surface area contributed by atoms with Crippen LogP contribution in [0.2, 0.25) is 0 Å². The molecular formula is C11H16O2. The molecule has 0 aliphatic heterocycles. The Morgan fingerprint density at radius 1 is 1.46 bits per heavy atom. The van der Waals surface area contributed by atoms with Crippen LogP contribution in [-0.4, -0.2) is 12.6 Å². The van der Waals surface area contributed by atoms with Crippen LogP contribution in [0.4, 0.5) is 0 Å². The first-order valence-electron chi connectivity index (χ1n) is 4.85. The van der Waals surface area contributed by atoms with E-state index in [4.69, 9.17) is 4.74 Å². The Balaban J connectivity index is 2.30. The third-order valence-electron chi connectivity index (χ3n) is 2.13. The van der Waals surface area contributed by atoms with Crippen molar-refractivity contribution in [1.29, 1.82) is 0 Å². The molecule has 0 amide bonds. The second kappa shape index (κ2) is 5.60. The zero-order valence-electron chi connectivity index (χ0n) is 8.14. The highest BCUT2D eigenvalue weighted by Crippen LogP contribution is 2.21. The Hall–Kier alpha value is -1.01. The molecule has 0 aromatic heterocycles. The molecule has 72 valence electrons. The molecule has 1 rings (SSSR count). The SMILES string of the molecule is CC(=O)OCC=C=C1CCCCC1. The van der Waals surface area contributed by atoms with E-state index in [0.717, 1.165) is 12.8 Å². The normalized spacial score (nSPS) is 16.2. The number of hydrogen-bond acceptors (Lipinski definition) is 2. The van der Waals surface area contributed by atoms with E-state index in [-0.39, 0.29) is 5.97 Å². The van der Waals surface area contributed by atoms with Gasteiger partial charge in [-0.15, -0.1) is 5.73 Å². The lowest BCUT2D eigenvalue weighted by Crippen LogP contribution is -1.97. The summed E-state index contributed by atoms with van der Waals surface area (Å²) in [6, 6.07) is 0. The van der Waals surface area contributed by atoms with Gasteiger partial charge in [-0.3, -0.25) is 4.79 Å². The molecule has 0 N–H and O–H groups in total. The smallest absolute Gasteiger partial charge is 0.302 e. The number of hydrogen-bond donors (Lipinski definition) is 0. The molecule has 2 nitrogen and oxygen atoms in total. The molecule has 0 aromatic rings. The van der Waals surface area contributed by atoms with Crippen molar-refractivity contribution >= 4 is 5.97 Å². The van der Waals surface area contributed by atoms with Crippen molar-refractivity contribution in [3.63, 3.8) is 0 Å². The Morgan fingerprint density at radius 2 is 2.15 bits per heavy atom. The third kappa shape index (κ3) is 4.54. The van der Waals surface area contributed by atoms with Crippen LogP contribution in [-0.2, 0) is 9.53 Å². The molecule has 0 aromatic carbocycles. The maximum absolute atomic E-state index is 10.4. The van der Waals surface area contributed by atoms with Gasteiger partial charge < -0.3 is 4.74 Å². The lowest BCUT2D eigenvalue weighted by Gasteiger charge is -2.10. The van der Waals surface area contributed by atoms with Crippen molar-refractivity contribution in [3.8, 4) is 0 Å². The maximum Gasteiger partial charge on any atom is 0.302 e. The van der Waals surface area contributed by atoms with E-state index in [2.05, 4.69) is 5.73 Å². The van der Waals surface area contributed by atoms with Crippen molar-refractivity contribution in [3.05, 3.63) is 17.4 Å². The fraction of sp³-hybridized carbons (Fsp3) is 0.636. The minimum Gasteiger partial charge on any atom is -0.461 e. The zero-order chi connectivity index (χ0) is 9.52. The number of carbonyl (C=O) groups excluding carboxylic acids is 1. The summed E-state index contributed by atoms with van der Waals surface area (Å²) in [7, 11) is 0. The average Bonchev–Trinajstić information content (AvgIpc) is 2.14. The predicted octanol–water partition coefficient (Wildman–Crippen LogP) is 2.60. The molecule has 0 atom stereocenters. The van der Waals surface area contributed by atoms with E-state index in [9.17, 15) is 4.79 Å². The second-order valence-corrected chi connectivity index (χ2v) is 3.32. The largest absolute Gasteiger partial charge is 0.461 e. The van der Waals surface area contributed by atoms with Crippen LogP contribution in [0, 0.1) is 0 Å². The molecule has 0 heterocycles. The van der Waals surface area contributed by atoms with Gasteiger partial charge >= 0.3 is 5.97 Å². The van der Waals surface area contributed by atoms with E-state index >= 15 is 0 Å². The summed E-state index contributed by atoms with van der Waals surface area (Å²) in [5, 5.41) is 0. The maximum atomic E-state index is 10.4. The fourth-order valence-electron chi connectivity index (χ4n) is 1.47. The molecule has 0 unspecified atom stereocenters. The van der Waals surface area contributed by atoms with Gasteiger partial charge in [-0.1, -0.05) is 6.42 Å². The van der Waals surface area contributed by atoms with Gasteiger partial charge in [0.2, 0.25) is 0 Å². The summed E-state index contributed by atoms with van der Waals surface area (Å²) in [6.45, 7) is 1.78. The topological polar surface area (TPSA) is 26.3 Å². The highest BCUT2D eigenvalue weighted by molar-refractivity contribution is 5.65. The quantitative estimate of drug-likeness (QED) is 0.482. The van der Waals surface area contributed by atoms with Gasteiger partial charge in [-0.05, 0) is 37.3 Å². The number of ether oxygens (including phenoxy) is 1. The van der Waals surface area contributed by atoms with Gasteiger partial charge in [-0.2, -0.15) is 0 Å². The van der Waals surface area contributed by atoms with Crippen LogP contribution in [0.3, 0.4) is 0 Å². The number of esters is 1. The fourth-order valence-corrected chi connectivity index (χ4v) is 1.47. The second-order valence-electron chi connectivity index (χ2n) is 3.32. The molecular weight excluding hydrogens is 164 g/mol. The Labute approximate surface area is 79.3 Å². The minimum absolute atomic E-state index is 0.230. The van der Waals surface area contributed by atoms with Gasteiger partial charge in [0.1, 0.15) is 6.61 Å². The van der Waals surface area contributed by atoms with E-state index in [1.54, 1.807) is 0 Å². The van der Waals surface area contributed by atoms with Crippen LogP contribution < -0.4 is 0 Å². The van der Waals surface area contributed by atoms with Gasteiger partial charge in [0.05, 0.1) is 0 Å². The Bertz CT molecular complexity index is 226. The molecule has 1 saturated carbocycles. The van der Waals surface area contributed by atoms with Crippen LogP contribution in [0.15, 0.2) is 17.4 Å². The van der Waals surface area contributed by atoms with Gasteiger partial charge in [0.25, 0.3) is 0 Å². The zero-order valence-corrected chi connectivity index (χ0v) is 8.14. The first-order valence-corrected chi connectivity index (χ1v) is 4.85. The first kappa shape index (κ1) is 10.1. The summed E-state index contributed by atoms with van der Waals surface area (Å²) in [5.74, 6) is -0.230. The van der Waals surface area contributed by atoms with Crippen molar-refractivity contribution < 1.29 is 9.53 Å². The van der Waals surface area contributed by atoms with E-state index in [0.29, 0.717) is 6.61 Å². The standard InChI is InChI=1S/C11H16O2/c1-10(12)13-9-5-8-11-6-3-2-4-7-11/h5H,2-4,6-7,9H2,1H3. The van der Waals surface area contributed by atoms with E-state index < -0.39 is 0 Å². The van der Waals surface area contributed by atoms with E-state index in [1.165, 1.54) is 31.8 Å². The summed E-state index contributed by atoms with van der Waals surface area (Å²) in [6.07, 6.45) is 8.04. The molecule has 0 spiro atoms. The minimum atomic E-state index is -0.230. The van der Waals surface area contributed by atoms with Crippen molar-refractivity contribution in [2.75, 3.05) is 6.61 Å². The molecule has 1 aliphatic carbocycles. The highest BCUT2D eigenvalue weighted by atomic mass is 16.5. The molecule has 0 bridgehead atoms. The predicted molar refractivity (Wildman–Crippen MR) is 51.3 cm³/mol. The third-order valence-corrected chi connectivity index (χ3v) is 2.13. The van der Waals surface area contributed by atoms with Crippen molar-refractivity contribution in [1.82, 2.24) is 0 Å². The molecule has 0 radical (unpaired) electrons. The summed E-state index contributed by atoms with van der Waals surface area (Å²) in [5.41, 5.74) is 4.56. The number of rotatable bonds is 2. The van der Waals surface area contributed by atoms with E-state index in [1.807, 2.05) is 6.08 Å². The Morgan fingerprint density at radius 3 is 2.77 bits per heavy atom. The molecule has 0 saturated heterocycles.